The Hall–Kier alpha value is -1.09. The second-order valence-electron chi connectivity index (χ2n) is 5.54. The molecule has 2 aromatic rings. The van der Waals surface area contributed by atoms with Gasteiger partial charge in [0.15, 0.2) is 0 Å². The third-order valence-electron chi connectivity index (χ3n) is 4.07. The van der Waals surface area contributed by atoms with Crippen LogP contribution >= 0.6 is 11.6 Å². The number of aromatic nitrogens is 2. The zero-order valence-electron chi connectivity index (χ0n) is 11.1. The first-order valence-corrected chi connectivity index (χ1v) is 7.45. The lowest BCUT2D eigenvalue weighted by atomic mass is 10.1. The van der Waals surface area contributed by atoms with Crippen molar-refractivity contribution in [3.63, 3.8) is 0 Å². The fraction of sp³-hybridized carbons (Fsp3) is 0.533. The number of benzene rings is 1. The highest BCUT2D eigenvalue weighted by Crippen LogP contribution is 2.37. The molecule has 2 nitrogen and oxygen atoms in total. The summed E-state index contributed by atoms with van der Waals surface area (Å²) in [5.74, 6) is 2.07. The lowest BCUT2D eigenvalue weighted by Gasteiger charge is -2.16. The molecule has 3 rings (SSSR count). The van der Waals surface area contributed by atoms with E-state index in [1.807, 2.05) is 6.07 Å². The molecule has 2 atom stereocenters. The van der Waals surface area contributed by atoms with Crippen LogP contribution in [0.15, 0.2) is 18.2 Å². The van der Waals surface area contributed by atoms with E-state index in [2.05, 4.69) is 16.5 Å². The smallest absolute Gasteiger partial charge is 0.125 e. The van der Waals surface area contributed by atoms with Crippen molar-refractivity contribution in [3.05, 3.63) is 29.8 Å². The summed E-state index contributed by atoms with van der Waals surface area (Å²) >= 11 is 5.87. The van der Waals surface area contributed by atoms with Crippen LogP contribution in [0.2, 0.25) is 0 Å². The highest BCUT2D eigenvalue weighted by atomic mass is 35.5. The van der Waals surface area contributed by atoms with Crippen LogP contribution in [0.5, 0.6) is 0 Å². The number of rotatable bonds is 3. The Balaban J connectivity index is 2.11. The SMILES string of the molecule is CC1CCC(n2c(CCCl)nc3cc(F)ccc32)C1. The van der Waals surface area contributed by atoms with Gasteiger partial charge < -0.3 is 4.57 Å². The minimum atomic E-state index is -0.227. The predicted molar refractivity (Wildman–Crippen MR) is 76.2 cm³/mol. The van der Waals surface area contributed by atoms with Crippen molar-refractivity contribution in [2.75, 3.05) is 5.88 Å². The summed E-state index contributed by atoms with van der Waals surface area (Å²) in [5.41, 5.74) is 1.79. The Bertz CT molecular complexity index is 593. The van der Waals surface area contributed by atoms with E-state index in [0.29, 0.717) is 11.9 Å². The van der Waals surface area contributed by atoms with Crippen molar-refractivity contribution >= 4 is 22.6 Å². The van der Waals surface area contributed by atoms with Crippen molar-refractivity contribution in [1.82, 2.24) is 9.55 Å². The molecule has 1 fully saturated rings. The van der Waals surface area contributed by atoms with Crippen molar-refractivity contribution in [2.24, 2.45) is 5.92 Å². The molecule has 1 aromatic carbocycles. The molecule has 19 heavy (non-hydrogen) atoms. The second-order valence-corrected chi connectivity index (χ2v) is 5.92. The lowest BCUT2D eigenvalue weighted by molar-refractivity contribution is 0.490. The van der Waals surface area contributed by atoms with E-state index in [-0.39, 0.29) is 5.82 Å². The maximum atomic E-state index is 13.3. The molecule has 0 bridgehead atoms. The van der Waals surface area contributed by atoms with Crippen LogP contribution in [0.3, 0.4) is 0 Å². The van der Waals surface area contributed by atoms with Gasteiger partial charge in [0, 0.05) is 24.4 Å². The van der Waals surface area contributed by atoms with E-state index in [1.54, 1.807) is 0 Å². The Morgan fingerprint density at radius 2 is 2.26 bits per heavy atom. The zero-order valence-corrected chi connectivity index (χ0v) is 11.8. The number of hydrogen-bond donors (Lipinski definition) is 0. The van der Waals surface area contributed by atoms with Crippen LogP contribution in [0.1, 0.15) is 38.1 Å². The molecule has 2 unspecified atom stereocenters. The van der Waals surface area contributed by atoms with Crippen LogP contribution in [-0.4, -0.2) is 15.4 Å². The fourth-order valence-corrected chi connectivity index (χ4v) is 3.37. The van der Waals surface area contributed by atoms with Gasteiger partial charge in [0.1, 0.15) is 11.6 Å². The Morgan fingerprint density at radius 3 is 2.95 bits per heavy atom. The summed E-state index contributed by atoms with van der Waals surface area (Å²) < 4.78 is 15.6. The van der Waals surface area contributed by atoms with Gasteiger partial charge in [0.2, 0.25) is 0 Å². The lowest BCUT2D eigenvalue weighted by Crippen LogP contribution is -2.10. The van der Waals surface area contributed by atoms with Crippen LogP contribution in [0, 0.1) is 11.7 Å². The summed E-state index contributed by atoms with van der Waals surface area (Å²) in [7, 11) is 0. The average molecular weight is 281 g/mol. The first-order valence-electron chi connectivity index (χ1n) is 6.91. The second kappa shape index (κ2) is 5.12. The highest BCUT2D eigenvalue weighted by Gasteiger charge is 2.26. The number of hydrogen-bond acceptors (Lipinski definition) is 1. The molecule has 1 heterocycles. The van der Waals surface area contributed by atoms with Crippen molar-refractivity contribution in [1.29, 1.82) is 0 Å². The predicted octanol–water partition coefficient (Wildman–Crippen LogP) is 4.32. The summed E-state index contributed by atoms with van der Waals surface area (Å²) in [5, 5.41) is 0. The fourth-order valence-electron chi connectivity index (χ4n) is 3.20. The van der Waals surface area contributed by atoms with Gasteiger partial charge in [0.25, 0.3) is 0 Å². The van der Waals surface area contributed by atoms with Gasteiger partial charge in [-0.25, -0.2) is 9.37 Å². The third-order valence-corrected chi connectivity index (χ3v) is 4.26. The quantitative estimate of drug-likeness (QED) is 0.766. The first-order chi connectivity index (χ1) is 9.19. The maximum absolute atomic E-state index is 13.3. The first kappa shape index (κ1) is 12.9. The van der Waals surface area contributed by atoms with Crippen LogP contribution in [-0.2, 0) is 6.42 Å². The number of alkyl halides is 1. The number of imidazole rings is 1. The van der Waals surface area contributed by atoms with Gasteiger partial charge in [-0.1, -0.05) is 6.92 Å². The molecule has 1 saturated carbocycles. The van der Waals surface area contributed by atoms with Gasteiger partial charge in [-0.3, -0.25) is 0 Å². The van der Waals surface area contributed by atoms with E-state index in [9.17, 15) is 4.39 Å². The zero-order chi connectivity index (χ0) is 13.4. The van der Waals surface area contributed by atoms with Crippen molar-refractivity contribution < 1.29 is 4.39 Å². The molecule has 0 N–H and O–H groups in total. The highest BCUT2D eigenvalue weighted by molar-refractivity contribution is 6.17. The normalized spacial score (nSPS) is 23.3. The summed E-state index contributed by atoms with van der Waals surface area (Å²) in [6.45, 7) is 2.29. The number of fused-ring (bicyclic) bond motifs is 1. The molecule has 1 aliphatic rings. The molecular formula is C15H18ClFN2. The van der Waals surface area contributed by atoms with Gasteiger partial charge in [-0.15, -0.1) is 11.6 Å². The Morgan fingerprint density at radius 1 is 1.42 bits per heavy atom. The van der Waals surface area contributed by atoms with Crippen LogP contribution in [0.4, 0.5) is 4.39 Å². The number of nitrogens with zero attached hydrogens (tertiary/aromatic N) is 2. The topological polar surface area (TPSA) is 17.8 Å². The standard InChI is InChI=1S/C15H18ClFN2/c1-10-2-4-12(8-10)19-14-5-3-11(17)9-13(14)18-15(19)6-7-16/h3,5,9-10,12H,2,4,6-8H2,1H3. The van der Waals surface area contributed by atoms with Crippen LogP contribution < -0.4 is 0 Å². The monoisotopic (exact) mass is 280 g/mol. The van der Waals surface area contributed by atoms with Gasteiger partial charge in [-0.05, 0) is 37.3 Å². The molecule has 1 aromatic heterocycles. The minimum Gasteiger partial charge on any atom is -0.325 e. The molecule has 0 saturated heterocycles. The molecule has 0 spiro atoms. The van der Waals surface area contributed by atoms with E-state index < -0.39 is 0 Å². The Kier molecular flexibility index (Phi) is 3.48. The largest absolute Gasteiger partial charge is 0.325 e. The minimum absolute atomic E-state index is 0.227. The molecular weight excluding hydrogens is 263 g/mol. The maximum Gasteiger partial charge on any atom is 0.125 e. The molecule has 1 aliphatic carbocycles. The summed E-state index contributed by atoms with van der Waals surface area (Å²) in [6.07, 6.45) is 4.35. The van der Waals surface area contributed by atoms with Gasteiger partial charge >= 0.3 is 0 Å². The summed E-state index contributed by atoms with van der Waals surface area (Å²) in [4.78, 5) is 4.57. The Labute approximate surface area is 117 Å². The molecule has 0 radical (unpaired) electrons. The average Bonchev–Trinajstić information content (AvgIpc) is 2.92. The molecule has 0 aliphatic heterocycles. The number of aryl methyl sites for hydroxylation is 1. The van der Waals surface area contributed by atoms with Crippen molar-refractivity contribution in [3.8, 4) is 0 Å². The van der Waals surface area contributed by atoms with Gasteiger partial charge in [0.05, 0.1) is 11.0 Å². The van der Waals surface area contributed by atoms with E-state index >= 15 is 0 Å². The van der Waals surface area contributed by atoms with Crippen LogP contribution in [0.25, 0.3) is 11.0 Å². The van der Waals surface area contributed by atoms with E-state index in [4.69, 9.17) is 11.6 Å². The van der Waals surface area contributed by atoms with E-state index in [1.165, 1.54) is 31.4 Å². The third kappa shape index (κ3) is 2.36. The molecule has 4 heteroatoms. The van der Waals surface area contributed by atoms with Crippen molar-refractivity contribution in [2.45, 2.75) is 38.6 Å². The molecule has 102 valence electrons. The molecule has 0 amide bonds. The number of halogens is 2. The van der Waals surface area contributed by atoms with Gasteiger partial charge in [-0.2, -0.15) is 0 Å². The van der Waals surface area contributed by atoms with E-state index in [0.717, 1.165) is 29.2 Å². The summed E-state index contributed by atoms with van der Waals surface area (Å²) in [6, 6.07) is 5.37.